The number of nitrogens with zero attached hydrogens (tertiary/aromatic N) is 3. The molecule has 1 atom stereocenters. The minimum absolute atomic E-state index is 0.00223. The van der Waals surface area contributed by atoms with E-state index in [0.29, 0.717) is 30.6 Å². The predicted molar refractivity (Wildman–Crippen MR) is 121 cm³/mol. The Balaban J connectivity index is 2.14. The zero-order valence-corrected chi connectivity index (χ0v) is 18.7. The number of nitro benzene ring substituents is 1. The van der Waals surface area contributed by atoms with Gasteiger partial charge in [0.15, 0.2) is 0 Å². The van der Waals surface area contributed by atoms with Gasteiger partial charge in [-0.15, -0.1) is 0 Å². The smallest absolute Gasteiger partial charge is 0.295 e. The van der Waals surface area contributed by atoms with Crippen molar-refractivity contribution in [3.8, 4) is 0 Å². The molecule has 1 fully saturated rings. The lowest BCUT2D eigenvalue weighted by molar-refractivity contribution is -0.384. The van der Waals surface area contributed by atoms with Crippen molar-refractivity contribution in [2.75, 3.05) is 27.2 Å². The summed E-state index contributed by atoms with van der Waals surface area (Å²) in [6, 6.07) is 10.4. The molecule has 1 aliphatic heterocycles. The predicted octanol–water partition coefficient (Wildman–Crippen LogP) is 3.59. The van der Waals surface area contributed by atoms with Gasteiger partial charge in [0.25, 0.3) is 17.4 Å². The van der Waals surface area contributed by atoms with Crippen molar-refractivity contribution in [3.05, 3.63) is 80.4 Å². The van der Waals surface area contributed by atoms with Gasteiger partial charge in [0.05, 0.1) is 16.5 Å². The molecular formula is C24H27N3O5. The maximum Gasteiger partial charge on any atom is 0.295 e. The van der Waals surface area contributed by atoms with Crippen LogP contribution in [0.15, 0.2) is 48.0 Å². The van der Waals surface area contributed by atoms with E-state index in [1.165, 1.54) is 29.2 Å². The van der Waals surface area contributed by atoms with Gasteiger partial charge in [-0.3, -0.25) is 19.7 Å². The molecule has 8 heteroatoms. The maximum atomic E-state index is 13.1. The number of benzene rings is 2. The van der Waals surface area contributed by atoms with Crippen LogP contribution in [0.3, 0.4) is 0 Å². The van der Waals surface area contributed by atoms with Crippen molar-refractivity contribution < 1.29 is 19.6 Å². The fraction of sp³-hybridized carbons (Fsp3) is 0.333. The average molecular weight is 437 g/mol. The van der Waals surface area contributed by atoms with Crippen LogP contribution < -0.4 is 0 Å². The highest BCUT2D eigenvalue weighted by Crippen LogP contribution is 2.40. The number of amides is 1. The molecule has 0 spiro atoms. The van der Waals surface area contributed by atoms with Crippen LogP contribution in [0.1, 0.15) is 34.7 Å². The number of non-ortho nitro benzene ring substituents is 1. The lowest BCUT2D eigenvalue weighted by Gasteiger charge is -2.26. The Kier molecular flexibility index (Phi) is 6.74. The highest BCUT2D eigenvalue weighted by atomic mass is 16.6. The number of aliphatic hydroxyl groups is 1. The Morgan fingerprint density at radius 1 is 1.12 bits per heavy atom. The Hall–Kier alpha value is -3.52. The van der Waals surface area contributed by atoms with Crippen LogP contribution in [-0.4, -0.2) is 58.7 Å². The molecule has 1 unspecified atom stereocenters. The number of ketones is 1. The summed E-state index contributed by atoms with van der Waals surface area (Å²) in [5, 5.41) is 22.3. The highest BCUT2D eigenvalue weighted by molar-refractivity contribution is 6.46. The van der Waals surface area contributed by atoms with Gasteiger partial charge < -0.3 is 14.9 Å². The molecule has 3 rings (SSSR count). The standard InChI is InChI=1S/C24H27N3O5/c1-15-6-7-16(2)19(14-15)22(28)20-21(17-8-10-18(11-9-17)27(31)32)26(24(30)23(20)29)13-5-12-25(3)4/h6-11,14,21,28H,5,12-13H2,1-4H3. The largest absolute Gasteiger partial charge is 0.507 e. The van der Waals surface area contributed by atoms with Gasteiger partial charge in [-0.25, -0.2) is 0 Å². The van der Waals surface area contributed by atoms with E-state index < -0.39 is 22.7 Å². The van der Waals surface area contributed by atoms with E-state index in [2.05, 4.69) is 0 Å². The van der Waals surface area contributed by atoms with E-state index in [0.717, 1.165) is 11.1 Å². The van der Waals surface area contributed by atoms with Crippen LogP contribution in [0.4, 0.5) is 5.69 Å². The topological polar surface area (TPSA) is 104 Å². The number of hydrogen-bond donors (Lipinski definition) is 1. The number of rotatable bonds is 7. The summed E-state index contributed by atoms with van der Waals surface area (Å²) in [6.45, 7) is 4.73. The van der Waals surface area contributed by atoms with E-state index >= 15 is 0 Å². The van der Waals surface area contributed by atoms with E-state index in [4.69, 9.17) is 0 Å². The molecule has 0 bridgehead atoms. The van der Waals surface area contributed by atoms with E-state index in [1.807, 2.05) is 45.0 Å². The average Bonchev–Trinajstić information content (AvgIpc) is 2.99. The fourth-order valence-corrected chi connectivity index (χ4v) is 3.93. The first-order valence-corrected chi connectivity index (χ1v) is 10.4. The number of likely N-dealkylation sites (tertiary alicyclic amines) is 1. The van der Waals surface area contributed by atoms with Crippen molar-refractivity contribution in [1.82, 2.24) is 9.80 Å². The van der Waals surface area contributed by atoms with Crippen LogP contribution in [0.5, 0.6) is 0 Å². The van der Waals surface area contributed by atoms with Crippen molar-refractivity contribution in [1.29, 1.82) is 0 Å². The fourth-order valence-electron chi connectivity index (χ4n) is 3.93. The summed E-state index contributed by atoms with van der Waals surface area (Å²) in [5.41, 5.74) is 2.61. The second-order valence-corrected chi connectivity index (χ2v) is 8.32. The molecule has 8 nitrogen and oxygen atoms in total. The molecule has 0 saturated carbocycles. The molecule has 2 aromatic rings. The number of carbonyl (C=O) groups is 2. The summed E-state index contributed by atoms with van der Waals surface area (Å²) in [5.74, 6) is -1.67. The lowest BCUT2D eigenvalue weighted by atomic mass is 9.93. The molecule has 0 aliphatic carbocycles. The van der Waals surface area contributed by atoms with E-state index in [1.54, 1.807) is 6.07 Å². The molecule has 1 N–H and O–H groups in total. The third-order valence-electron chi connectivity index (χ3n) is 5.61. The monoisotopic (exact) mass is 437 g/mol. The molecule has 32 heavy (non-hydrogen) atoms. The van der Waals surface area contributed by atoms with Gasteiger partial charge in [-0.2, -0.15) is 0 Å². The summed E-state index contributed by atoms with van der Waals surface area (Å²) in [6.07, 6.45) is 0.632. The summed E-state index contributed by atoms with van der Waals surface area (Å²) < 4.78 is 0. The van der Waals surface area contributed by atoms with Crippen molar-refractivity contribution in [2.24, 2.45) is 0 Å². The first kappa shape index (κ1) is 23.1. The summed E-state index contributed by atoms with van der Waals surface area (Å²) in [4.78, 5) is 40.0. The quantitative estimate of drug-likeness (QED) is 0.233. The van der Waals surface area contributed by atoms with Gasteiger partial charge in [0, 0.05) is 24.2 Å². The molecule has 1 saturated heterocycles. The minimum atomic E-state index is -0.821. The first-order valence-electron chi connectivity index (χ1n) is 10.4. The number of aryl methyl sites for hydroxylation is 2. The zero-order valence-electron chi connectivity index (χ0n) is 18.7. The molecule has 2 aromatic carbocycles. The molecule has 1 heterocycles. The van der Waals surface area contributed by atoms with Crippen molar-refractivity contribution in [2.45, 2.75) is 26.3 Å². The third kappa shape index (κ3) is 4.55. The summed E-state index contributed by atoms with van der Waals surface area (Å²) >= 11 is 0. The molecule has 0 aromatic heterocycles. The first-order chi connectivity index (χ1) is 15.1. The minimum Gasteiger partial charge on any atom is -0.507 e. The second kappa shape index (κ2) is 9.32. The highest BCUT2D eigenvalue weighted by Gasteiger charge is 2.46. The summed E-state index contributed by atoms with van der Waals surface area (Å²) in [7, 11) is 3.84. The number of Topliss-reactive ketones (excluding diaryl/α,β-unsaturated/α-hetero) is 1. The maximum absolute atomic E-state index is 13.1. The zero-order chi connectivity index (χ0) is 23.6. The molecule has 168 valence electrons. The van der Waals surface area contributed by atoms with E-state index in [-0.39, 0.29) is 17.0 Å². The number of nitro groups is 1. The Morgan fingerprint density at radius 3 is 2.38 bits per heavy atom. The van der Waals surface area contributed by atoms with Gasteiger partial charge >= 0.3 is 0 Å². The van der Waals surface area contributed by atoms with Gasteiger partial charge in [-0.1, -0.05) is 17.7 Å². The van der Waals surface area contributed by atoms with Crippen LogP contribution in [-0.2, 0) is 9.59 Å². The number of aliphatic hydroxyl groups excluding tert-OH is 1. The van der Waals surface area contributed by atoms with Gasteiger partial charge in [0.1, 0.15) is 5.76 Å². The Labute approximate surface area is 186 Å². The van der Waals surface area contributed by atoms with Crippen LogP contribution in [0, 0.1) is 24.0 Å². The molecule has 1 aliphatic rings. The lowest BCUT2D eigenvalue weighted by Crippen LogP contribution is -2.32. The third-order valence-corrected chi connectivity index (χ3v) is 5.61. The Morgan fingerprint density at radius 2 is 1.78 bits per heavy atom. The molecular weight excluding hydrogens is 410 g/mol. The van der Waals surface area contributed by atoms with Crippen molar-refractivity contribution in [3.63, 3.8) is 0 Å². The van der Waals surface area contributed by atoms with Crippen LogP contribution in [0.25, 0.3) is 5.76 Å². The Bertz CT molecular complexity index is 1090. The molecule has 0 radical (unpaired) electrons. The van der Waals surface area contributed by atoms with Crippen LogP contribution >= 0.6 is 0 Å². The normalized spacial score (nSPS) is 17.9. The van der Waals surface area contributed by atoms with Gasteiger partial charge in [-0.05, 0) is 70.2 Å². The SMILES string of the molecule is Cc1ccc(C)c(C(O)=C2C(=O)C(=O)N(CCCN(C)C)C2c2ccc([N+](=O)[O-])cc2)c1. The van der Waals surface area contributed by atoms with Crippen molar-refractivity contribution >= 4 is 23.1 Å². The second-order valence-electron chi connectivity index (χ2n) is 8.32. The van der Waals surface area contributed by atoms with Gasteiger partial charge in [0.2, 0.25) is 0 Å². The number of carbonyl (C=O) groups excluding carboxylic acids is 2. The molecule has 1 amide bonds. The van der Waals surface area contributed by atoms with Crippen LogP contribution in [0.2, 0.25) is 0 Å². The van der Waals surface area contributed by atoms with E-state index in [9.17, 15) is 24.8 Å². The number of hydrogen-bond acceptors (Lipinski definition) is 6.